The summed E-state index contributed by atoms with van der Waals surface area (Å²) in [6, 6.07) is 4.91. The highest BCUT2D eigenvalue weighted by molar-refractivity contribution is 7.89. The highest BCUT2D eigenvalue weighted by atomic mass is 32.2. The lowest BCUT2D eigenvalue weighted by atomic mass is 10.2. The van der Waals surface area contributed by atoms with Gasteiger partial charge < -0.3 is 24.6 Å². The normalized spacial score (nSPS) is 17.9. The number of likely N-dealkylation sites (N-methyl/N-ethyl adjacent to an activating group) is 1. The van der Waals surface area contributed by atoms with Crippen molar-refractivity contribution in [2.75, 3.05) is 69.7 Å². The molecular formula is C20H30N4O5S. The van der Waals surface area contributed by atoms with Gasteiger partial charge in [-0.1, -0.05) is 13.8 Å². The van der Waals surface area contributed by atoms with Crippen LogP contribution in [0, 0.1) is 0 Å². The second kappa shape index (κ2) is 9.67. The Labute approximate surface area is 178 Å². The van der Waals surface area contributed by atoms with Gasteiger partial charge in [-0.15, -0.1) is 0 Å². The number of amides is 1. The minimum Gasteiger partial charge on any atom is -0.494 e. The van der Waals surface area contributed by atoms with Gasteiger partial charge in [0, 0.05) is 39.3 Å². The van der Waals surface area contributed by atoms with Gasteiger partial charge in [-0.3, -0.25) is 4.79 Å². The lowest BCUT2D eigenvalue weighted by Crippen LogP contribution is -2.44. The first-order chi connectivity index (χ1) is 14.4. The quantitative estimate of drug-likeness (QED) is 0.686. The monoisotopic (exact) mass is 438 g/mol. The zero-order chi connectivity index (χ0) is 21.7. The molecule has 0 aromatic heterocycles. The molecule has 1 aromatic rings. The van der Waals surface area contributed by atoms with Crippen LogP contribution >= 0.6 is 0 Å². The molecule has 0 atom stereocenters. The Morgan fingerprint density at radius 1 is 1.13 bits per heavy atom. The van der Waals surface area contributed by atoms with Crippen LogP contribution in [0.15, 0.2) is 35.1 Å². The fraction of sp³-hybridized carbons (Fsp3) is 0.550. The summed E-state index contributed by atoms with van der Waals surface area (Å²) in [5, 5.41) is 2.83. The van der Waals surface area contributed by atoms with Crippen LogP contribution in [0.4, 0.5) is 11.4 Å². The first-order valence-electron chi connectivity index (χ1n) is 10.2. The second-order valence-corrected chi connectivity index (χ2v) is 9.15. The number of anilines is 2. The summed E-state index contributed by atoms with van der Waals surface area (Å²) >= 11 is 0. The number of piperazine rings is 1. The van der Waals surface area contributed by atoms with Crippen molar-refractivity contribution in [1.82, 2.24) is 9.21 Å². The number of sulfonamides is 1. The van der Waals surface area contributed by atoms with Crippen LogP contribution in [0.2, 0.25) is 0 Å². The fourth-order valence-electron chi connectivity index (χ4n) is 3.48. The van der Waals surface area contributed by atoms with Gasteiger partial charge in [-0.25, -0.2) is 8.42 Å². The largest absolute Gasteiger partial charge is 0.494 e. The molecule has 30 heavy (non-hydrogen) atoms. The van der Waals surface area contributed by atoms with Gasteiger partial charge in [0.15, 0.2) is 0 Å². The van der Waals surface area contributed by atoms with Crippen LogP contribution in [-0.4, -0.2) is 83.1 Å². The number of hydrogen-bond acceptors (Lipinski definition) is 7. The minimum absolute atomic E-state index is 0.0718. The first-order valence-corrected chi connectivity index (χ1v) is 11.6. The molecule has 3 rings (SSSR count). The lowest BCUT2D eigenvalue weighted by molar-refractivity contribution is -0.117. The van der Waals surface area contributed by atoms with E-state index in [1.54, 1.807) is 26.0 Å². The predicted molar refractivity (Wildman–Crippen MR) is 115 cm³/mol. The summed E-state index contributed by atoms with van der Waals surface area (Å²) < 4.78 is 37.9. The van der Waals surface area contributed by atoms with E-state index in [1.807, 2.05) is 0 Å². The van der Waals surface area contributed by atoms with E-state index >= 15 is 0 Å². The molecular weight excluding hydrogens is 408 g/mol. The highest BCUT2D eigenvalue weighted by Crippen LogP contribution is 2.31. The van der Waals surface area contributed by atoms with Crippen LogP contribution in [0.25, 0.3) is 0 Å². The molecule has 1 amide bonds. The van der Waals surface area contributed by atoms with Crippen molar-refractivity contribution < 1.29 is 22.7 Å². The minimum atomic E-state index is -3.66. The molecule has 1 fully saturated rings. The summed E-state index contributed by atoms with van der Waals surface area (Å²) in [4.78, 5) is 17.2. The fourth-order valence-corrected chi connectivity index (χ4v) is 4.97. The maximum atomic E-state index is 13.0. The molecule has 0 unspecified atom stereocenters. The van der Waals surface area contributed by atoms with Crippen molar-refractivity contribution in [1.29, 1.82) is 0 Å². The Hall–Kier alpha value is -2.30. The van der Waals surface area contributed by atoms with Crippen molar-refractivity contribution in [3.8, 4) is 0 Å². The third-order valence-corrected chi connectivity index (χ3v) is 7.32. The van der Waals surface area contributed by atoms with Crippen LogP contribution < -0.4 is 10.2 Å². The molecule has 0 saturated carbocycles. The van der Waals surface area contributed by atoms with Gasteiger partial charge in [0.2, 0.25) is 15.8 Å². The molecule has 10 heteroatoms. The highest BCUT2D eigenvalue weighted by Gasteiger charge is 2.26. The summed E-state index contributed by atoms with van der Waals surface area (Å²) in [7, 11) is -1.59. The molecule has 0 aliphatic carbocycles. The molecule has 0 bridgehead atoms. The molecule has 9 nitrogen and oxygen atoms in total. The van der Waals surface area contributed by atoms with Gasteiger partial charge in [-0.2, -0.15) is 4.31 Å². The maximum absolute atomic E-state index is 13.0. The summed E-state index contributed by atoms with van der Waals surface area (Å²) in [6.45, 7) is 8.36. The van der Waals surface area contributed by atoms with Crippen molar-refractivity contribution in [2.24, 2.45) is 0 Å². The molecule has 1 aromatic carbocycles. The molecule has 1 N–H and O–H groups in total. The maximum Gasteiger partial charge on any atom is 0.294 e. The number of carbonyl (C=O) groups excluding carboxylic acids is 1. The zero-order valence-electron chi connectivity index (χ0n) is 17.8. The number of carbonyl (C=O) groups is 1. The van der Waals surface area contributed by atoms with Gasteiger partial charge in [0.1, 0.15) is 19.5 Å². The van der Waals surface area contributed by atoms with Gasteiger partial charge in [-0.05, 0) is 25.2 Å². The van der Waals surface area contributed by atoms with Crippen LogP contribution in [0.3, 0.4) is 0 Å². The van der Waals surface area contributed by atoms with E-state index in [0.29, 0.717) is 32.0 Å². The molecule has 0 radical (unpaired) electrons. The second-order valence-electron chi connectivity index (χ2n) is 7.21. The van der Waals surface area contributed by atoms with Crippen molar-refractivity contribution >= 4 is 27.3 Å². The summed E-state index contributed by atoms with van der Waals surface area (Å²) in [5.74, 6) is -0.398. The standard InChI is InChI=1S/C20H30N4O5S/c1-4-24(5-2)30(26,27)16-6-7-18(23-10-8-22(3)9-11-23)17(14-16)21-20(25)19-15-28-12-13-29-19/h6-7,14-15H,4-5,8-13H2,1-3H3,(H,21,25). The summed E-state index contributed by atoms with van der Waals surface area (Å²) in [5.41, 5.74) is 1.22. The van der Waals surface area contributed by atoms with E-state index in [9.17, 15) is 13.2 Å². The Morgan fingerprint density at radius 2 is 1.83 bits per heavy atom. The topological polar surface area (TPSA) is 91.4 Å². The molecule has 1 saturated heterocycles. The Morgan fingerprint density at radius 3 is 2.43 bits per heavy atom. The SMILES string of the molecule is CCN(CC)S(=O)(=O)c1ccc(N2CCN(C)CC2)c(NC(=O)C2=COCCO2)c1. The van der Waals surface area contributed by atoms with E-state index in [0.717, 1.165) is 31.9 Å². The van der Waals surface area contributed by atoms with E-state index in [-0.39, 0.29) is 10.7 Å². The molecule has 2 aliphatic rings. The van der Waals surface area contributed by atoms with Crippen molar-refractivity contribution in [3.05, 3.63) is 30.2 Å². The number of hydrogen-bond donors (Lipinski definition) is 1. The Kier molecular flexibility index (Phi) is 7.22. The van der Waals surface area contributed by atoms with Crippen LogP contribution in [0.1, 0.15) is 13.8 Å². The average molecular weight is 439 g/mol. The van der Waals surface area contributed by atoms with Gasteiger partial charge in [0.25, 0.3) is 5.91 Å². The molecule has 166 valence electrons. The van der Waals surface area contributed by atoms with E-state index in [2.05, 4.69) is 22.2 Å². The van der Waals surface area contributed by atoms with Gasteiger partial charge >= 0.3 is 0 Å². The van der Waals surface area contributed by atoms with Crippen molar-refractivity contribution in [2.45, 2.75) is 18.7 Å². The predicted octanol–water partition coefficient (Wildman–Crippen LogP) is 1.30. The zero-order valence-corrected chi connectivity index (χ0v) is 18.6. The molecule has 2 heterocycles. The number of nitrogens with one attached hydrogen (secondary N) is 1. The van der Waals surface area contributed by atoms with E-state index < -0.39 is 15.9 Å². The third-order valence-electron chi connectivity index (χ3n) is 5.28. The lowest BCUT2D eigenvalue weighted by Gasteiger charge is -2.35. The number of benzene rings is 1. The Balaban J connectivity index is 1.96. The molecule has 2 aliphatic heterocycles. The van der Waals surface area contributed by atoms with Gasteiger partial charge in [0.05, 0.1) is 16.3 Å². The number of rotatable bonds is 7. The summed E-state index contributed by atoms with van der Waals surface area (Å²) in [6.07, 6.45) is 1.28. The first kappa shape index (κ1) is 22.4. The van der Waals surface area contributed by atoms with Crippen LogP contribution in [0.5, 0.6) is 0 Å². The number of ether oxygens (including phenoxy) is 2. The Bertz CT molecular complexity index is 890. The average Bonchev–Trinajstić information content (AvgIpc) is 2.75. The third kappa shape index (κ3) is 4.88. The van der Waals surface area contributed by atoms with E-state index in [1.165, 1.54) is 16.6 Å². The number of nitrogens with zero attached hydrogens (tertiary/aromatic N) is 3. The molecule has 0 spiro atoms. The van der Waals surface area contributed by atoms with Crippen molar-refractivity contribution in [3.63, 3.8) is 0 Å². The smallest absolute Gasteiger partial charge is 0.294 e. The van der Waals surface area contributed by atoms with E-state index in [4.69, 9.17) is 9.47 Å². The van der Waals surface area contributed by atoms with Crippen LogP contribution in [-0.2, 0) is 24.3 Å².